The lowest BCUT2D eigenvalue weighted by Crippen LogP contribution is -2.47. The number of anilines is 2. The van der Waals surface area contributed by atoms with Gasteiger partial charge in [0.15, 0.2) is 0 Å². The van der Waals surface area contributed by atoms with Crippen LogP contribution in [0.5, 0.6) is 11.5 Å². The Bertz CT molecular complexity index is 797. The normalized spacial score (nSPS) is 18.2. The third-order valence-corrected chi connectivity index (χ3v) is 5.49. The number of carbonyl (C=O) groups excluding carboxylic acids is 1. The smallest absolute Gasteiger partial charge is 0.323 e. The molecule has 2 saturated heterocycles. The van der Waals surface area contributed by atoms with Crippen LogP contribution >= 0.6 is 0 Å². The highest BCUT2D eigenvalue weighted by molar-refractivity contribution is 5.88. The van der Waals surface area contributed by atoms with Crippen LogP contribution in [0.1, 0.15) is 25.7 Å². The zero-order valence-corrected chi connectivity index (χ0v) is 16.0. The molecule has 0 spiro atoms. The number of rotatable bonds is 4. The number of nitrogen functional groups attached to an aromatic ring is 1. The van der Waals surface area contributed by atoms with Gasteiger partial charge in [-0.2, -0.15) is 0 Å². The quantitative estimate of drug-likeness (QED) is 0.792. The molecule has 2 fully saturated rings. The molecule has 0 aliphatic carbocycles. The van der Waals surface area contributed by atoms with Crippen molar-refractivity contribution in [3.63, 3.8) is 0 Å². The minimum absolute atomic E-state index is 0.1000. The van der Waals surface area contributed by atoms with E-state index in [1.807, 2.05) is 4.90 Å². The third kappa shape index (κ3) is 4.54. The SMILES string of the molecule is Nc1ccc(Oc2ccnc(NC(=O)N3CCC(N4CCCC4)CC3)c2)cc1. The number of urea groups is 1. The predicted molar refractivity (Wildman–Crippen MR) is 110 cm³/mol. The average molecular weight is 381 g/mol. The molecule has 3 heterocycles. The summed E-state index contributed by atoms with van der Waals surface area (Å²) < 4.78 is 5.81. The molecule has 7 heteroatoms. The van der Waals surface area contributed by atoms with Crippen molar-refractivity contribution >= 4 is 17.5 Å². The number of hydrogen-bond donors (Lipinski definition) is 2. The highest BCUT2D eigenvalue weighted by Gasteiger charge is 2.28. The summed E-state index contributed by atoms with van der Waals surface area (Å²) in [6.07, 6.45) is 6.33. The molecular formula is C21H27N5O2. The second-order valence-electron chi connectivity index (χ2n) is 7.44. The number of carbonyl (C=O) groups is 1. The van der Waals surface area contributed by atoms with E-state index in [0.717, 1.165) is 25.9 Å². The standard InChI is InChI=1S/C21H27N5O2/c22-16-3-5-18(6-4-16)28-19-7-10-23-20(15-19)24-21(27)26-13-8-17(9-14-26)25-11-1-2-12-25/h3-7,10,15,17H,1-2,8-9,11-14,22H2,(H,23,24,27). The van der Waals surface area contributed by atoms with Gasteiger partial charge in [-0.15, -0.1) is 0 Å². The second kappa shape index (κ2) is 8.48. The van der Waals surface area contributed by atoms with Crippen molar-refractivity contribution in [3.05, 3.63) is 42.6 Å². The van der Waals surface area contributed by atoms with Crippen molar-refractivity contribution in [2.45, 2.75) is 31.7 Å². The van der Waals surface area contributed by atoms with Crippen molar-refractivity contribution in [2.75, 3.05) is 37.2 Å². The van der Waals surface area contributed by atoms with Crippen molar-refractivity contribution in [3.8, 4) is 11.5 Å². The van der Waals surface area contributed by atoms with Gasteiger partial charge in [-0.1, -0.05) is 0 Å². The van der Waals surface area contributed by atoms with E-state index in [-0.39, 0.29) is 6.03 Å². The van der Waals surface area contributed by atoms with Gasteiger partial charge in [0.25, 0.3) is 0 Å². The Morgan fingerprint density at radius 1 is 1.04 bits per heavy atom. The van der Waals surface area contributed by atoms with Crippen LogP contribution in [0.2, 0.25) is 0 Å². The van der Waals surface area contributed by atoms with E-state index in [1.165, 1.54) is 25.9 Å². The van der Waals surface area contributed by atoms with Crippen LogP contribution in [0.3, 0.4) is 0 Å². The first-order valence-electron chi connectivity index (χ1n) is 9.97. The van der Waals surface area contributed by atoms with Crippen molar-refractivity contribution in [1.29, 1.82) is 0 Å². The first-order valence-corrected chi connectivity index (χ1v) is 9.97. The Labute approximate surface area is 165 Å². The molecule has 0 saturated carbocycles. The fourth-order valence-electron chi connectivity index (χ4n) is 3.94. The summed E-state index contributed by atoms with van der Waals surface area (Å²) in [6.45, 7) is 3.99. The molecular weight excluding hydrogens is 354 g/mol. The molecule has 1 aromatic carbocycles. The monoisotopic (exact) mass is 381 g/mol. The van der Waals surface area contributed by atoms with E-state index in [2.05, 4.69) is 15.2 Å². The van der Waals surface area contributed by atoms with Gasteiger partial charge >= 0.3 is 6.03 Å². The molecule has 2 amide bonds. The van der Waals surface area contributed by atoms with Crippen molar-refractivity contribution in [2.24, 2.45) is 0 Å². The molecule has 1 aromatic heterocycles. The summed E-state index contributed by atoms with van der Waals surface area (Å²) in [6, 6.07) is 11.2. The second-order valence-corrected chi connectivity index (χ2v) is 7.44. The number of benzene rings is 1. The van der Waals surface area contributed by atoms with Gasteiger partial charge in [0.05, 0.1) is 0 Å². The molecule has 0 atom stereocenters. The van der Waals surface area contributed by atoms with Crippen LogP contribution in [0.15, 0.2) is 42.6 Å². The number of aromatic nitrogens is 1. The van der Waals surface area contributed by atoms with E-state index in [4.69, 9.17) is 10.5 Å². The van der Waals surface area contributed by atoms with Gasteiger partial charge in [-0.25, -0.2) is 9.78 Å². The number of likely N-dealkylation sites (tertiary alicyclic amines) is 2. The first-order chi connectivity index (χ1) is 13.7. The largest absolute Gasteiger partial charge is 0.457 e. The van der Waals surface area contributed by atoms with E-state index < -0.39 is 0 Å². The van der Waals surface area contributed by atoms with Crippen LogP contribution in [-0.4, -0.2) is 53.0 Å². The highest BCUT2D eigenvalue weighted by atomic mass is 16.5. The van der Waals surface area contributed by atoms with Crippen LogP contribution < -0.4 is 15.8 Å². The van der Waals surface area contributed by atoms with Gasteiger partial charge < -0.3 is 20.3 Å². The molecule has 148 valence electrons. The Morgan fingerprint density at radius 3 is 2.46 bits per heavy atom. The lowest BCUT2D eigenvalue weighted by molar-refractivity contribution is 0.140. The summed E-state index contributed by atoms with van der Waals surface area (Å²) in [4.78, 5) is 21.3. The van der Waals surface area contributed by atoms with E-state index in [1.54, 1.807) is 42.6 Å². The van der Waals surface area contributed by atoms with Crippen LogP contribution in [-0.2, 0) is 0 Å². The van der Waals surface area contributed by atoms with Gasteiger partial charge in [-0.05, 0) is 69.1 Å². The summed E-state index contributed by atoms with van der Waals surface area (Å²) in [5.74, 6) is 1.78. The molecule has 4 rings (SSSR count). The summed E-state index contributed by atoms with van der Waals surface area (Å²) >= 11 is 0. The highest BCUT2D eigenvalue weighted by Crippen LogP contribution is 2.25. The number of nitrogens with one attached hydrogen (secondary N) is 1. The zero-order chi connectivity index (χ0) is 19.3. The molecule has 0 unspecified atom stereocenters. The molecule has 28 heavy (non-hydrogen) atoms. The maximum atomic E-state index is 12.6. The molecule has 2 aliphatic heterocycles. The number of nitrogens with two attached hydrogens (primary N) is 1. The van der Waals surface area contributed by atoms with Crippen LogP contribution in [0, 0.1) is 0 Å². The first kappa shape index (κ1) is 18.6. The number of hydrogen-bond acceptors (Lipinski definition) is 5. The number of nitrogens with zero attached hydrogens (tertiary/aromatic N) is 3. The van der Waals surface area contributed by atoms with Gasteiger partial charge in [0, 0.05) is 37.1 Å². The fraction of sp³-hybridized carbons (Fsp3) is 0.429. The maximum absolute atomic E-state index is 12.6. The average Bonchev–Trinajstić information content (AvgIpc) is 3.25. The molecule has 0 bridgehead atoms. The van der Waals surface area contributed by atoms with Gasteiger partial charge in [-0.3, -0.25) is 5.32 Å². The maximum Gasteiger partial charge on any atom is 0.323 e. The third-order valence-electron chi connectivity index (χ3n) is 5.49. The fourth-order valence-corrected chi connectivity index (χ4v) is 3.94. The lowest BCUT2D eigenvalue weighted by atomic mass is 10.0. The van der Waals surface area contributed by atoms with E-state index in [9.17, 15) is 4.79 Å². The summed E-state index contributed by atoms with van der Waals surface area (Å²) in [7, 11) is 0. The summed E-state index contributed by atoms with van der Waals surface area (Å²) in [5, 5.41) is 2.89. The van der Waals surface area contributed by atoms with Crippen molar-refractivity contribution < 1.29 is 9.53 Å². The minimum atomic E-state index is -0.1000. The molecule has 2 aromatic rings. The molecule has 2 aliphatic rings. The Kier molecular flexibility index (Phi) is 5.62. The Balaban J connectivity index is 1.31. The minimum Gasteiger partial charge on any atom is -0.457 e. The molecule has 0 radical (unpaired) electrons. The van der Waals surface area contributed by atoms with Crippen LogP contribution in [0.4, 0.5) is 16.3 Å². The van der Waals surface area contributed by atoms with Crippen LogP contribution in [0.25, 0.3) is 0 Å². The summed E-state index contributed by atoms with van der Waals surface area (Å²) in [5.41, 5.74) is 6.38. The number of amides is 2. The number of piperidine rings is 1. The van der Waals surface area contributed by atoms with Crippen molar-refractivity contribution in [1.82, 2.24) is 14.8 Å². The Hall–Kier alpha value is -2.80. The lowest BCUT2D eigenvalue weighted by Gasteiger charge is -2.36. The van der Waals surface area contributed by atoms with Gasteiger partial charge in [0.1, 0.15) is 17.3 Å². The zero-order valence-electron chi connectivity index (χ0n) is 16.0. The predicted octanol–water partition coefficient (Wildman–Crippen LogP) is 3.55. The number of pyridine rings is 1. The van der Waals surface area contributed by atoms with E-state index in [0.29, 0.717) is 29.0 Å². The molecule has 7 nitrogen and oxygen atoms in total. The Morgan fingerprint density at radius 2 is 1.75 bits per heavy atom. The number of ether oxygens (including phenoxy) is 1. The molecule has 3 N–H and O–H groups in total. The van der Waals surface area contributed by atoms with E-state index >= 15 is 0 Å². The topological polar surface area (TPSA) is 83.7 Å². The van der Waals surface area contributed by atoms with Gasteiger partial charge in [0.2, 0.25) is 0 Å².